The standard InChI is InChI=1S/C21H20FN3O4S2/c22-16-6-4-5-15(13-16)21(27)9-11-25(12-10-21)19(26)18-14-30-20(23-18)24-31(28,29)17-7-2-1-3-8-17/h1-8,13-14,27H,9-12H2,(H,23,24). The van der Waals surface area contributed by atoms with E-state index in [1.807, 2.05) is 0 Å². The molecule has 0 radical (unpaired) electrons. The average Bonchev–Trinajstić information content (AvgIpc) is 3.22. The summed E-state index contributed by atoms with van der Waals surface area (Å²) >= 11 is 1.02. The number of hydrogen-bond acceptors (Lipinski definition) is 6. The topological polar surface area (TPSA) is 99.6 Å². The number of benzene rings is 2. The van der Waals surface area contributed by atoms with Crippen LogP contribution in [0.2, 0.25) is 0 Å². The number of rotatable bonds is 5. The van der Waals surface area contributed by atoms with Crippen LogP contribution in [-0.4, -0.2) is 42.4 Å². The van der Waals surface area contributed by atoms with Crippen molar-refractivity contribution in [3.05, 3.63) is 77.1 Å². The number of piperidine rings is 1. The van der Waals surface area contributed by atoms with E-state index in [1.165, 1.54) is 29.6 Å². The Morgan fingerprint density at radius 2 is 1.84 bits per heavy atom. The number of aromatic nitrogens is 1. The normalized spacial score (nSPS) is 16.1. The first-order valence-electron chi connectivity index (χ1n) is 9.58. The van der Waals surface area contributed by atoms with Gasteiger partial charge in [-0.15, -0.1) is 11.3 Å². The quantitative estimate of drug-likeness (QED) is 0.608. The predicted molar refractivity (Wildman–Crippen MR) is 115 cm³/mol. The molecule has 0 bridgehead atoms. The second-order valence-electron chi connectivity index (χ2n) is 7.29. The van der Waals surface area contributed by atoms with Crippen LogP contribution in [0.4, 0.5) is 9.52 Å². The van der Waals surface area contributed by atoms with E-state index in [4.69, 9.17) is 0 Å². The van der Waals surface area contributed by atoms with Crippen LogP contribution in [0.3, 0.4) is 0 Å². The summed E-state index contributed by atoms with van der Waals surface area (Å²) in [7, 11) is -3.79. The predicted octanol–water partition coefficient (Wildman–Crippen LogP) is 3.21. The highest BCUT2D eigenvalue weighted by molar-refractivity contribution is 7.93. The van der Waals surface area contributed by atoms with Crippen molar-refractivity contribution in [3.63, 3.8) is 0 Å². The fourth-order valence-electron chi connectivity index (χ4n) is 3.50. The Hall–Kier alpha value is -2.82. The third-order valence-corrected chi connectivity index (χ3v) is 7.48. The summed E-state index contributed by atoms with van der Waals surface area (Å²) in [6, 6.07) is 13.7. The van der Waals surface area contributed by atoms with Gasteiger partial charge < -0.3 is 10.0 Å². The van der Waals surface area contributed by atoms with Crippen LogP contribution in [0.25, 0.3) is 0 Å². The van der Waals surface area contributed by atoms with Gasteiger partial charge in [-0.25, -0.2) is 17.8 Å². The number of anilines is 1. The molecule has 1 aliphatic rings. The Balaban J connectivity index is 1.42. The molecular weight excluding hydrogens is 441 g/mol. The zero-order valence-electron chi connectivity index (χ0n) is 16.4. The Bertz CT molecular complexity index is 1190. The lowest BCUT2D eigenvalue weighted by Gasteiger charge is -2.38. The summed E-state index contributed by atoms with van der Waals surface area (Å²) in [6.45, 7) is 0.545. The summed E-state index contributed by atoms with van der Waals surface area (Å²) in [4.78, 5) is 18.6. The first kappa shape index (κ1) is 21.4. The van der Waals surface area contributed by atoms with Crippen molar-refractivity contribution in [2.24, 2.45) is 0 Å². The molecule has 2 N–H and O–H groups in total. The van der Waals surface area contributed by atoms with Gasteiger partial charge in [-0.2, -0.15) is 0 Å². The molecule has 3 aromatic rings. The smallest absolute Gasteiger partial charge is 0.273 e. The Kier molecular flexibility index (Phi) is 5.78. The molecule has 10 heteroatoms. The fraction of sp³-hybridized carbons (Fsp3) is 0.238. The van der Waals surface area contributed by atoms with Gasteiger partial charge in [0.25, 0.3) is 15.9 Å². The number of sulfonamides is 1. The van der Waals surface area contributed by atoms with Crippen molar-refractivity contribution in [1.29, 1.82) is 0 Å². The molecule has 0 spiro atoms. The van der Waals surface area contributed by atoms with Gasteiger partial charge in [-0.05, 0) is 42.7 Å². The van der Waals surface area contributed by atoms with E-state index in [0.717, 1.165) is 11.3 Å². The molecule has 0 unspecified atom stereocenters. The number of hydrogen-bond donors (Lipinski definition) is 2. The van der Waals surface area contributed by atoms with E-state index >= 15 is 0 Å². The van der Waals surface area contributed by atoms with Gasteiger partial charge in [-0.1, -0.05) is 30.3 Å². The summed E-state index contributed by atoms with van der Waals surface area (Å²) in [5.41, 5.74) is -0.574. The number of likely N-dealkylation sites (tertiary alicyclic amines) is 1. The van der Waals surface area contributed by atoms with Crippen LogP contribution in [0, 0.1) is 5.82 Å². The number of nitrogens with zero attached hydrogens (tertiary/aromatic N) is 2. The van der Waals surface area contributed by atoms with Crippen molar-refractivity contribution >= 4 is 32.4 Å². The van der Waals surface area contributed by atoms with Crippen LogP contribution in [-0.2, 0) is 15.6 Å². The highest BCUT2D eigenvalue weighted by Crippen LogP contribution is 2.33. The molecule has 2 heterocycles. The third kappa shape index (κ3) is 4.60. The van der Waals surface area contributed by atoms with Crippen molar-refractivity contribution in [1.82, 2.24) is 9.88 Å². The first-order chi connectivity index (χ1) is 14.8. The first-order valence-corrected chi connectivity index (χ1v) is 11.9. The van der Waals surface area contributed by atoms with Gasteiger partial charge >= 0.3 is 0 Å². The minimum absolute atomic E-state index is 0.0977. The summed E-state index contributed by atoms with van der Waals surface area (Å²) in [5.74, 6) is -0.764. The van der Waals surface area contributed by atoms with Crippen LogP contribution >= 0.6 is 11.3 Å². The highest BCUT2D eigenvalue weighted by atomic mass is 32.2. The molecule has 1 fully saturated rings. The van der Waals surface area contributed by atoms with Gasteiger partial charge in [-0.3, -0.25) is 9.52 Å². The molecule has 4 rings (SSSR count). The maximum Gasteiger partial charge on any atom is 0.273 e. The van der Waals surface area contributed by atoms with Crippen LogP contribution < -0.4 is 4.72 Å². The van der Waals surface area contributed by atoms with E-state index in [0.29, 0.717) is 5.56 Å². The minimum Gasteiger partial charge on any atom is -0.385 e. The van der Waals surface area contributed by atoms with Gasteiger partial charge in [0.15, 0.2) is 5.13 Å². The number of nitrogens with one attached hydrogen (secondary N) is 1. The van der Waals surface area contributed by atoms with Gasteiger partial charge in [0.2, 0.25) is 0 Å². The number of halogens is 1. The molecule has 0 atom stereocenters. The van der Waals surface area contributed by atoms with Crippen LogP contribution in [0.15, 0.2) is 64.9 Å². The van der Waals surface area contributed by atoms with Crippen molar-refractivity contribution < 1.29 is 22.7 Å². The second kappa shape index (κ2) is 8.37. The second-order valence-corrected chi connectivity index (χ2v) is 9.83. The maximum atomic E-state index is 13.5. The summed E-state index contributed by atoms with van der Waals surface area (Å²) in [6.07, 6.45) is 0.527. The Morgan fingerprint density at radius 3 is 2.52 bits per heavy atom. The maximum absolute atomic E-state index is 13.5. The van der Waals surface area contributed by atoms with E-state index in [2.05, 4.69) is 9.71 Å². The summed E-state index contributed by atoms with van der Waals surface area (Å²) < 4.78 is 40.7. The highest BCUT2D eigenvalue weighted by Gasteiger charge is 2.36. The lowest BCUT2D eigenvalue weighted by atomic mass is 9.84. The monoisotopic (exact) mass is 461 g/mol. The molecule has 1 amide bonds. The van der Waals surface area contributed by atoms with Crippen molar-refractivity contribution in [2.45, 2.75) is 23.3 Å². The van der Waals surface area contributed by atoms with Crippen molar-refractivity contribution in [2.75, 3.05) is 17.8 Å². The minimum atomic E-state index is -3.79. The van der Waals surface area contributed by atoms with E-state index in [-0.39, 0.29) is 47.6 Å². The molecule has 1 aromatic heterocycles. The number of carbonyl (C=O) groups is 1. The van der Waals surface area contributed by atoms with E-state index in [9.17, 15) is 22.7 Å². The molecule has 31 heavy (non-hydrogen) atoms. The average molecular weight is 462 g/mol. The molecule has 162 valence electrons. The Morgan fingerprint density at radius 1 is 1.13 bits per heavy atom. The van der Waals surface area contributed by atoms with Crippen molar-refractivity contribution in [3.8, 4) is 0 Å². The number of carbonyl (C=O) groups excluding carboxylic acids is 1. The lowest BCUT2D eigenvalue weighted by molar-refractivity contribution is -0.0214. The SMILES string of the molecule is O=C(c1csc(NS(=O)(=O)c2ccccc2)n1)N1CCC(O)(c2cccc(F)c2)CC1. The molecular formula is C21H20FN3O4S2. The van der Waals surface area contributed by atoms with Gasteiger partial charge in [0, 0.05) is 18.5 Å². The fourth-order valence-corrected chi connectivity index (χ4v) is 5.46. The van der Waals surface area contributed by atoms with E-state index in [1.54, 1.807) is 35.2 Å². The third-order valence-electron chi connectivity index (χ3n) is 5.24. The number of thiazole rings is 1. The molecule has 7 nitrogen and oxygen atoms in total. The largest absolute Gasteiger partial charge is 0.385 e. The van der Waals surface area contributed by atoms with Crippen LogP contribution in [0.5, 0.6) is 0 Å². The summed E-state index contributed by atoms with van der Waals surface area (Å²) in [5, 5.41) is 12.5. The number of amides is 1. The molecule has 0 saturated carbocycles. The van der Waals surface area contributed by atoms with E-state index < -0.39 is 21.4 Å². The van der Waals surface area contributed by atoms with Gasteiger partial charge in [0.1, 0.15) is 11.5 Å². The lowest BCUT2D eigenvalue weighted by Crippen LogP contribution is -2.45. The van der Waals surface area contributed by atoms with Gasteiger partial charge in [0.05, 0.1) is 10.5 Å². The van der Waals surface area contributed by atoms with Crippen LogP contribution in [0.1, 0.15) is 28.9 Å². The number of aliphatic hydroxyl groups is 1. The zero-order chi connectivity index (χ0) is 22.1. The molecule has 2 aromatic carbocycles. The molecule has 1 aliphatic heterocycles. The molecule has 0 aliphatic carbocycles. The Labute approximate surface area is 183 Å². The molecule has 1 saturated heterocycles. The zero-order valence-corrected chi connectivity index (χ0v) is 18.0.